The van der Waals surface area contributed by atoms with Crippen LogP contribution in [0.2, 0.25) is 5.15 Å². The van der Waals surface area contributed by atoms with Gasteiger partial charge >= 0.3 is 0 Å². The second-order valence-corrected chi connectivity index (χ2v) is 3.90. The van der Waals surface area contributed by atoms with Crippen molar-refractivity contribution in [2.24, 2.45) is 5.73 Å². The van der Waals surface area contributed by atoms with Crippen LogP contribution in [0.15, 0.2) is 36.7 Å². The van der Waals surface area contributed by atoms with Crippen molar-refractivity contribution >= 4 is 23.1 Å². The van der Waals surface area contributed by atoms with Gasteiger partial charge in [0.25, 0.3) is 0 Å². The molecule has 18 heavy (non-hydrogen) atoms. The van der Waals surface area contributed by atoms with E-state index in [1.807, 2.05) is 24.3 Å². The van der Waals surface area contributed by atoms with Crippen molar-refractivity contribution in [3.63, 3.8) is 0 Å². The Morgan fingerprint density at radius 1 is 1.22 bits per heavy atom. The highest BCUT2D eigenvalue weighted by molar-refractivity contribution is 6.29. The summed E-state index contributed by atoms with van der Waals surface area (Å²) in [7, 11) is 0. The van der Waals surface area contributed by atoms with Crippen molar-refractivity contribution in [1.29, 1.82) is 0 Å². The molecule has 2 rings (SSSR count). The first-order valence-corrected chi connectivity index (χ1v) is 5.83. The van der Waals surface area contributed by atoms with E-state index in [1.54, 1.807) is 6.20 Å². The van der Waals surface area contributed by atoms with Crippen LogP contribution in [-0.2, 0) is 0 Å². The highest BCUT2D eigenvalue weighted by Gasteiger charge is 1.98. The van der Waals surface area contributed by atoms with Crippen molar-refractivity contribution in [1.82, 2.24) is 9.97 Å². The van der Waals surface area contributed by atoms with E-state index in [-0.39, 0.29) is 0 Å². The summed E-state index contributed by atoms with van der Waals surface area (Å²) in [6.07, 6.45) is 3.08. The molecule has 0 unspecified atom stereocenters. The Kier molecular flexibility index (Phi) is 4.33. The third-order valence-electron chi connectivity index (χ3n) is 2.12. The highest BCUT2D eigenvalue weighted by Crippen LogP contribution is 2.19. The Balaban J connectivity index is 2.02. The monoisotopic (exact) mass is 264 g/mol. The lowest BCUT2D eigenvalue weighted by Gasteiger charge is -2.07. The Bertz CT molecular complexity index is 504. The second-order valence-electron chi connectivity index (χ2n) is 3.51. The number of halogens is 1. The third-order valence-corrected chi connectivity index (χ3v) is 2.30. The van der Waals surface area contributed by atoms with Crippen molar-refractivity contribution in [3.05, 3.63) is 41.8 Å². The lowest BCUT2D eigenvalue weighted by molar-refractivity contribution is 0.328. The van der Waals surface area contributed by atoms with Gasteiger partial charge in [0.1, 0.15) is 17.5 Å². The van der Waals surface area contributed by atoms with Gasteiger partial charge in [0.2, 0.25) is 0 Å². The van der Waals surface area contributed by atoms with Gasteiger partial charge in [-0.1, -0.05) is 11.6 Å². The number of hydrogen-bond acceptors (Lipinski definition) is 5. The van der Waals surface area contributed by atoms with Crippen LogP contribution < -0.4 is 15.8 Å². The minimum atomic E-state index is 0.350. The molecule has 6 heteroatoms. The van der Waals surface area contributed by atoms with Crippen LogP contribution in [0, 0.1) is 0 Å². The molecule has 5 nitrogen and oxygen atoms in total. The summed E-state index contributed by atoms with van der Waals surface area (Å²) in [5.41, 5.74) is 6.24. The van der Waals surface area contributed by atoms with Crippen molar-refractivity contribution in [2.75, 3.05) is 18.5 Å². The average molecular weight is 265 g/mol. The van der Waals surface area contributed by atoms with Gasteiger partial charge < -0.3 is 15.8 Å². The number of anilines is 2. The molecular weight excluding hydrogens is 252 g/mol. The molecule has 0 atom stereocenters. The van der Waals surface area contributed by atoms with Crippen LogP contribution in [0.25, 0.3) is 0 Å². The van der Waals surface area contributed by atoms with E-state index in [1.165, 1.54) is 6.20 Å². The van der Waals surface area contributed by atoms with Crippen LogP contribution in [0.1, 0.15) is 0 Å². The summed E-state index contributed by atoms with van der Waals surface area (Å²) >= 11 is 5.75. The summed E-state index contributed by atoms with van der Waals surface area (Å²) in [6, 6.07) is 7.48. The normalized spacial score (nSPS) is 10.1. The molecule has 2 aromatic rings. The van der Waals surface area contributed by atoms with Gasteiger partial charge in [0.05, 0.1) is 12.4 Å². The molecular formula is C12H13ClN4O. The number of ether oxygens (including phenoxy) is 1. The lowest BCUT2D eigenvalue weighted by atomic mass is 10.3. The zero-order valence-electron chi connectivity index (χ0n) is 9.64. The topological polar surface area (TPSA) is 73.1 Å². The van der Waals surface area contributed by atoms with Gasteiger partial charge in [-0.2, -0.15) is 0 Å². The summed E-state index contributed by atoms with van der Waals surface area (Å²) in [5.74, 6) is 1.38. The number of aromatic nitrogens is 2. The molecule has 0 fully saturated rings. The molecule has 1 aromatic heterocycles. The lowest BCUT2D eigenvalue weighted by Crippen LogP contribution is -2.10. The first-order valence-electron chi connectivity index (χ1n) is 5.45. The first kappa shape index (κ1) is 12.6. The summed E-state index contributed by atoms with van der Waals surface area (Å²) < 4.78 is 5.38. The van der Waals surface area contributed by atoms with Crippen LogP contribution in [0.3, 0.4) is 0 Å². The molecule has 0 saturated carbocycles. The maximum atomic E-state index is 5.75. The van der Waals surface area contributed by atoms with Gasteiger partial charge in [-0.15, -0.1) is 0 Å². The van der Waals surface area contributed by atoms with Gasteiger partial charge in [-0.25, -0.2) is 4.98 Å². The summed E-state index contributed by atoms with van der Waals surface area (Å²) in [4.78, 5) is 8.03. The van der Waals surface area contributed by atoms with E-state index in [9.17, 15) is 0 Å². The number of rotatable bonds is 5. The van der Waals surface area contributed by atoms with E-state index in [4.69, 9.17) is 22.1 Å². The molecule has 0 aliphatic rings. The molecule has 0 aliphatic heterocycles. The molecule has 0 spiro atoms. The van der Waals surface area contributed by atoms with Crippen molar-refractivity contribution in [3.8, 4) is 5.75 Å². The molecule has 1 aromatic carbocycles. The summed E-state index contributed by atoms with van der Waals surface area (Å²) in [6.45, 7) is 1.00. The molecule has 3 N–H and O–H groups in total. The Morgan fingerprint density at radius 3 is 2.67 bits per heavy atom. The molecule has 0 saturated heterocycles. The predicted octanol–water partition coefficient (Wildman–Crippen LogP) is 2.21. The second kappa shape index (κ2) is 6.18. The number of nitrogens with one attached hydrogen (secondary N) is 1. The van der Waals surface area contributed by atoms with E-state index in [0.717, 1.165) is 11.4 Å². The summed E-state index contributed by atoms with van der Waals surface area (Å²) in [5, 5.41) is 3.44. The van der Waals surface area contributed by atoms with Crippen LogP contribution in [0.5, 0.6) is 5.75 Å². The zero-order valence-corrected chi connectivity index (χ0v) is 10.4. The SMILES string of the molecule is NCCOc1ccc(Nc2cncc(Cl)n2)cc1. The molecule has 0 bridgehead atoms. The number of hydrogen-bond donors (Lipinski definition) is 2. The Hall–Kier alpha value is -1.85. The number of nitrogens with zero attached hydrogens (tertiary/aromatic N) is 2. The van der Waals surface area contributed by atoms with E-state index in [2.05, 4.69) is 15.3 Å². The Morgan fingerprint density at radius 2 is 2.00 bits per heavy atom. The molecule has 1 heterocycles. The molecule has 0 amide bonds. The van der Waals surface area contributed by atoms with Crippen molar-refractivity contribution in [2.45, 2.75) is 0 Å². The van der Waals surface area contributed by atoms with Crippen LogP contribution in [0.4, 0.5) is 11.5 Å². The van der Waals surface area contributed by atoms with Gasteiger partial charge in [0, 0.05) is 12.2 Å². The quantitative estimate of drug-likeness (QED) is 0.866. The smallest absolute Gasteiger partial charge is 0.150 e. The fourth-order valence-corrected chi connectivity index (χ4v) is 1.51. The molecule has 0 aliphatic carbocycles. The zero-order chi connectivity index (χ0) is 12.8. The van der Waals surface area contributed by atoms with Crippen molar-refractivity contribution < 1.29 is 4.74 Å². The van der Waals surface area contributed by atoms with Crippen LogP contribution in [-0.4, -0.2) is 23.1 Å². The maximum absolute atomic E-state index is 5.75. The van der Waals surface area contributed by atoms with Gasteiger partial charge in [-0.05, 0) is 24.3 Å². The fourth-order valence-electron chi connectivity index (χ4n) is 1.36. The van der Waals surface area contributed by atoms with E-state index in [0.29, 0.717) is 24.1 Å². The largest absolute Gasteiger partial charge is 0.492 e. The van der Waals surface area contributed by atoms with Crippen LogP contribution >= 0.6 is 11.6 Å². The average Bonchev–Trinajstić information content (AvgIpc) is 2.38. The number of benzene rings is 1. The molecule has 94 valence electrons. The van der Waals surface area contributed by atoms with Gasteiger partial charge in [-0.3, -0.25) is 4.98 Å². The standard InChI is InChI=1S/C12H13ClN4O/c13-11-7-15-8-12(17-11)16-9-1-3-10(4-2-9)18-6-5-14/h1-4,7-8H,5-6,14H2,(H,16,17). The highest BCUT2D eigenvalue weighted by atomic mass is 35.5. The predicted molar refractivity (Wildman–Crippen MR) is 71.3 cm³/mol. The third kappa shape index (κ3) is 3.58. The first-order chi connectivity index (χ1) is 8.78. The van der Waals surface area contributed by atoms with E-state index >= 15 is 0 Å². The fraction of sp³-hybridized carbons (Fsp3) is 0.167. The Labute approximate surface area is 110 Å². The number of nitrogens with two attached hydrogens (primary N) is 1. The minimum absolute atomic E-state index is 0.350. The minimum Gasteiger partial charge on any atom is -0.492 e. The van der Waals surface area contributed by atoms with Gasteiger partial charge in [0.15, 0.2) is 5.82 Å². The molecule has 0 radical (unpaired) electrons. The maximum Gasteiger partial charge on any atom is 0.150 e. The van der Waals surface area contributed by atoms with E-state index < -0.39 is 0 Å².